The van der Waals surface area contributed by atoms with Gasteiger partial charge in [-0.15, -0.1) is 11.3 Å². The second kappa shape index (κ2) is 7.00. The molecule has 1 aliphatic heterocycles. The topological polar surface area (TPSA) is 75.3 Å². The normalized spacial score (nSPS) is 21.5. The average Bonchev–Trinajstić information content (AvgIpc) is 2.99. The van der Waals surface area contributed by atoms with Crippen LogP contribution >= 0.6 is 11.3 Å². The molecule has 2 rings (SSSR count). The van der Waals surface area contributed by atoms with Crippen molar-refractivity contribution < 1.29 is 13.2 Å². The van der Waals surface area contributed by atoms with E-state index in [1.165, 1.54) is 10.4 Å². The molecule has 1 saturated heterocycles. The van der Waals surface area contributed by atoms with E-state index in [1.54, 1.807) is 11.3 Å². The van der Waals surface area contributed by atoms with Crippen LogP contribution in [0, 0.1) is 12.8 Å². The van der Waals surface area contributed by atoms with Crippen LogP contribution in [0.4, 0.5) is 4.79 Å². The molecular formula is C15H24N2O3S2. The Morgan fingerprint density at radius 2 is 2.23 bits per heavy atom. The minimum atomic E-state index is -2.88. The highest BCUT2D eigenvalue weighted by atomic mass is 32.2. The molecule has 1 aromatic heterocycles. The first kappa shape index (κ1) is 17.3. The van der Waals surface area contributed by atoms with Crippen molar-refractivity contribution in [3.8, 4) is 0 Å². The summed E-state index contributed by atoms with van der Waals surface area (Å²) in [6.07, 6.45) is 1.65. The number of amides is 2. The lowest BCUT2D eigenvalue weighted by Gasteiger charge is -2.15. The second-order valence-corrected chi connectivity index (χ2v) is 9.35. The molecular weight excluding hydrogens is 320 g/mol. The standard InChI is InChI=1S/C15H24N2O3S2/c1-4-13-10(2)7-14(21-13)11(3)17-15(18)16-8-12-5-6-22(19,20)9-12/h7,11-12H,4-6,8-9H2,1-3H3,(H2,16,17,18)/t11-,12-/m0/s1. The van der Waals surface area contributed by atoms with Gasteiger partial charge in [0.1, 0.15) is 0 Å². The Morgan fingerprint density at radius 3 is 2.77 bits per heavy atom. The van der Waals surface area contributed by atoms with Crippen molar-refractivity contribution in [2.75, 3.05) is 18.1 Å². The van der Waals surface area contributed by atoms with E-state index in [0.29, 0.717) is 13.0 Å². The predicted molar refractivity (Wildman–Crippen MR) is 90.1 cm³/mol. The first-order valence-corrected chi connectivity index (χ1v) is 10.3. The Hall–Kier alpha value is -1.08. The van der Waals surface area contributed by atoms with Gasteiger partial charge in [0.05, 0.1) is 17.5 Å². The zero-order valence-corrected chi connectivity index (χ0v) is 14.9. The van der Waals surface area contributed by atoms with Crippen LogP contribution in [0.5, 0.6) is 0 Å². The molecule has 7 heteroatoms. The maximum atomic E-state index is 11.9. The highest BCUT2D eigenvalue weighted by Crippen LogP contribution is 2.27. The lowest BCUT2D eigenvalue weighted by Crippen LogP contribution is -2.39. The van der Waals surface area contributed by atoms with Crippen molar-refractivity contribution in [1.29, 1.82) is 0 Å². The van der Waals surface area contributed by atoms with Gasteiger partial charge in [-0.05, 0) is 44.2 Å². The number of aryl methyl sites for hydroxylation is 2. The van der Waals surface area contributed by atoms with Crippen LogP contribution in [0.3, 0.4) is 0 Å². The summed E-state index contributed by atoms with van der Waals surface area (Å²) in [4.78, 5) is 14.4. The maximum absolute atomic E-state index is 11.9. The van der Waals surface area contributed by atoms with Gasteiger partial charge in [-0.1, -0.05) is 6.92 Å². The third kappa shape index (κ3) is 4.46. The highest BCUT2D eigenvalue weighted by molar-refractivity contribution is 7.91. The van der Waals surface area contributed by atoms with E-state index in [0.717, 1.165) is 11.3 Å². The van der Waals surface area contributed by atoms with Crippen LogP contribution in [-0.2, 0) is 16.3 Å². The minimum absolute atomic E-state index is 0.0433. The maximum Gasteiger partial charge on any atom is 0.315 e. The Morgan fingerprint density at radius 1 is 1.50 bits per heavy atom. The van der Waals surface area contributed by atoms with Crippen molar-refractivity contribution in [2.45, 2.75) is 39.7 Å². The van der Waals surface area contributed by atoms with Crippen molar-refractivity contribution >= 4 is 27.2 Å². The van der Waals surface area contributed by atoms with Gasteiger partial charge in [-0.25, -0.2) is 13.2 Å². The van der Waals surface area contributed by atoms with Gasteiger partial charge in [0.2, 0.25) is 0 Å². The molecule has 2 atom stereocenters. The molecule has 0 spiro atoms. The number of hydrogen-bond donors (Lipinski definition) is 2. The van der Waals surface area contributed by atoms with Crippen LogP contribution < -0.4 is 10.6 Å². The van der Waals surface area contributed by atoms with Gasteiger partial charge >= 0.3 is 6.03 Å². The zero-order chi connectivity index (χ0) is 16.3. The number of carbonyl (C=O) groups excluding carboxylic acids is 1. The predicted octanol–water partition coefficient (Wildman–Crippen LogP) is 2.41. The van der Waals surface area contributed by atoms with Gasteiger partial charge in [0.15, 0.2) is 9.84 Å². The molecule has 1 fully saturated rings. The van der Waals surface area contributed by atoms with Crippen LogP contribution in [-0.4, -0.2) is 32.5 Å². The molecule has 1 aromatic rings. The fourth-order valence-corrected chi connectivity index (χ4v) is 5.68. The quantitative estimate of drug-likeness (QED) is 0.861. The summed E-state index contributed by atoms with van der Waals surface area (Å²) in [5, 5.41) is 5.70. The molecule has 2 heterocycles. The number of rotatable bonds is 5. The third-order valence-electron chi connectivity index (χ3n) is 4.01. The van der Waals surface area contributed by atoms with Crippen LogP contribution in [0.25, 0.3) is 0 Å². The van der Waals surface area contributed by atoms with Crippen molar-refractivity contribution in [3.63, 3.8) is 0 Å². The van der Waals surface area contributed by atoms with Crippen LogP contribution in [0.15, 0.2) is 6.07 Å². The summed E-state index contributed by atoms with van der Waals surface area (Å²) < 4.78 is 22.8. The number of carbonyl (C=O) groups is 1. The van der Waals surface area contributed by atoms with E-state index in [1.807, 2.05) is 6.92 Å². The van der Waals surface area contributed by atoms with Gasteiger partial charge in [0, 0.05) is 16.3 Å². The lowest BCUT2D eigenvalue weighted by atomic mass is 10.1. The molecule has 0 aliphatic carbocycles. The number of hydrogen-bond acceptors (Lipinski definition) is 4. The summed E-state index contributed by atoms with van der Waals surface area (Å²) in [6, 6.07) is 1.84. The molecule has 0 aromatic carbocycles. The summed E-state index contributed by atoms with van der Waals surface area (Å²) in [5.41, 5.74) is 1.27. The van der Waals surface area contributed by atoms with E-state index in [2.05, 4.69) is 30.5 Å². The summed E-state index contributed by atoms with van der Waals surface area (Å²) in [5.74, 6) is 0.472. The first-order valence-electron chi connectivity index (χ1n) is 7.64. The highest BCUT2D eigenvalue weighted by Gasteiger charge is 2.28. The largest absolute Gasteiger partial charge is 0.338 e. The van der Waals surface area contributed by atoms with Gasteiger partial charge in [-0.3, -0.25) is 0 Å². The van der Waals surface area contributed by atoms with Crippen molar-refractivity contribution in [1.82, 2.24) is 10.6 Å². The number of sulfone groups is 1. The lowest BCUT2D eigenvalue weighted by molar-refractivity contribution is 0.236. The SMILES string of the molecule is CCc1sc([C@H](C)NC(=O)NC[C@@H]2CCS(=O)(=O)C2)cc1C. The smallest absolute Gasteiger partial charge is 0.315 e. The summed E-state index contributed by atoms with van der Waals surface area (Å²) in [7, 11) is -2.88. The van der Waals surface area contributed by atoms with Crippen molar-refractivity contribution in [2.24, 2.45) is 5.92 Å². The number of urea groups is 1. The van der Waals surface area contributed by atoms with E-state index < -0.39 is 9.84 Å². The van der Waals surface area contributed by atoms with E-state index in [-0.39, 0.29) is 29.5 Å². The molecule has 124 valence electrons. The summed E-state index contributed by atoms with van der Waals surface area (Å²) >= 11 is 1.73. The van der Waals surface area contributed by atoms with E-state index in [4.69, 9.17) is 0 Å². The van der Waals surface area contributed by atoms with E-state index in [9.17, 15) is 13.2 Å². The van der Waals surface area contributed by atoms with E-state index >= 15 is 0 Å². The van der Waals surface area contributed by atoms with Crippen LogP contribution in [0.1, 0.15) is 41.6 Å². The number of thiophene rings is 1. The van der Waals surface area contributed by atoms with Gasteiger partial charge in [-0.2, -0.15) is 0 Å². The molecule has 0 saturated carbocycles. The molecule has 2 amide bonds. The van der Waals surface area contributed by atoms with Crippen LogP contribution in [0.2, 0.25) is 0 Å². The fourth-order valence-electron chi connectivity index (χ4n) is 2.70. The third-order valence-corrected chi connectivity index (χ3v) is 7.41. The molecule has 0 unspecified atom stereocenters. The zero-order valence-electron chi connectivity index (χ0n) is 13.3. The molecule has 5 nitrogen and oxygen atoms in total. The monoisotopic (exact) mass is 344 g/mol. The minimum Gasteiger partial charge on any atom is -0.338 e. The molecule has 1 aliphatic rings. The summed E-state index contributed by atoms with van der Waals surface area (Å²) in [6.45, 7) is 6.60. The molecule has 2 N–H and O–H groups in total. The Labute approximate surface area is 136 Å². The Kier molecular flexibility index (Phi) is 5.50. The second-order valence-electron chi connectivity index (χ2n) is 5.95. The van der Waals surface area contributed by atoms with Crippen molar-refractivity contribution in [3.05, 3.63) is 21.4 Å². The molecule has 0 radical (unpaired) electrons. The molecule has 22 heavy (non-hydrogen) atoms. The Bertz CT molecular complexity index is 637. The Balaban J connectivity index is 1.81. The first-order chi connectivity index (χ1) is 10.3. The molecule has 0 bridgehead atoms. The number of nitrogens with one attached hydrogen (secondary N) is 2. The van der Waals surface area contributed by atoms with Gasteiger partial charge < -0.3 is 10.6 Å². The fraction of sp³-hybridized carbons (Fsp3) is 0.667. The van der Waals surface area contributed by atoms with Gasteiger partial charge in [0.25, 0.3) is 0 Å². The average molecular weight is 345 g/mol.